The van der Waals surface area contributed by atoms with Gasteiger partial charge < -0.3 is 10.2 Å². The molecule has 3 aliphatic heterocycles. The van der Waals surface area contributed by atoms with Gasteiger partial charge in [-0.2, -0.15) is 0 Å². The molecule has 6 heteroatoms. The summed E-state index contributed by atoms with van der Waals surface area (Å²) in [7, 11) is 2.18. The Labute approximate surface area is 185 Å². The number of likely N-dealkylation sites (tertiary alicyclic amines) is 1. The zero-order valence-corrected chi connectivity index (χ0v) is 19.0. The molecule has 168 valence electrons. The summed E-state index contributed by atoms with van der Waals surface area (Å²) < 4.78 is 0. The van der Waals surface area contributed by atoms with Crippen molar-refractivity contribution in [3.8, 4) is 0 Å². The number of hydrogen-bond acceptors (Lipinski definition) is 4. The maximum atomic E-state index is 13.2. The van der Waals surface area contributed by atoms with Crippen molar-refractivity contribution in [1.29, 1.82) is 0 Å². The summed E-state index contributed by atoms with van der Waals surface area (Å²) in [5, 5.41) is 3.36. The third-order valence-electron chi connectivity index (χ3n) is 8.35. The molecular weight excluding hydrogens is 388 g/mol. The van der Waals surface area contributed by atoms with Crippen molar-refractivity contribution in [2.75, 3.05) is 26.7 Å². The first-order chi connectivity index (χ1) is 14.9. The number of nitrogens with one attached hydrogen (secondary N) is 1. The highest BCUT2D eigenvalue weighted by Gasteiger charge is 2.50. The summed E-state index contributed by atoms with van der Waals surface area (Å²) in [6.07, 6.45) is 6.73. The molecule has 4 fully saturated rings. The third kappa shape index (κ3) is 4.12. The van der Waals surface area contributed by atoms with Gasteiger partial charge in [-0.05, 0) is 51.6 Å². The van der Waals surface area contributed by atoms with Crippen LogP contribution in [-0.2, 0) is 16.1 Å². The van der Waals surface area contributed by atoms with E-state index < -0.39 is 0 Å². The zero-order valence-electron chi connectivity index (χ0n) is 19.0. The van der Waals surface area contributed by atoms with Crippen molar-refractivity contribution >= 4 is 11.8 Å². The van der Waals surface area contributed by atoms with Gasteiger partial charge in [0.2, 0.25) is 11.8 Å². The predicted octanol–water partition coefficient (Wildman–Crippen LogP) is 2.30. The van der Waals surface area contributed by atoms with Crippen molar-refractivity contribution in [2.24, 2.45) is 0 Å². The zero-order chi connectivity index (χ0) is 21.6. The Hall–Kier alpha value is -1.92. The summed E-state index contributed by atoms with van der Waals surface area (Å²) in [6, 6.07) is 9.38. The Morgan fingerprint density at radius 1 is 1.10 bits per heavy atom. The van der Waals surface area contributed by atoms with Crippen molar-refractivity contribution in [3.05, 3.63) is 35.4 Å². The number of piperidine rings is 1. The maximum Gasteiger partial charge on any atom is 0.243 e. The first-order valence-corrected chi connectivity index (χ1v) is 12.0. The molecule has 31 heavy (non-hydrogen) atoms. The van der Waals surface area contributed by atoms with Crippen LogP contribution >= 0.6 is 0 Å². The molecule has 5 rings (SSSR count). The van der Waals surface area contributed by atoms with Crippen LogP contribution in [-0.4, -0.2) is 76.9 Å². The van der Waals surface area contributed by atoms with Crippen LogP contribution in [0.3, 0.4) is 0 Å². The third-order valence-corrected chi connectivity index (χ3v) is 8.35. The van der Waals surface area contributed by atoms with Gasteiger partial charge in [0.25, 0.3) is 0 Å². The monoisotopic (exact) mass is 424 g/mol. The molecule has 1 aliphatic carbocycles. The minimum Gasteiger partial charge on any atom is -0.348 e. The Kier molecular flexibility index (Phi) is 5.55. The molecule has 2 atom stereocenters. The summed E-state index contributed by atoms with van der Waals surface area (Å²) in [5.74, 6) is 0.238. The summed E-state index contributed by atoms with van der Waals surface area (Å²) >= 11 is 0. The number of rotatable bonds is 4. The number of benzene rings is 1. The van der Waals surface area contributed by atoms with Crippen molar-refractivity contribution < 1.29 is 9.59 Å². The molecule has 0 unspecified atom stereocenters. The fourth-order valence-corrected chi connectivity index (χ4v) is 5.90. The van der Waals surface area contributed by atoms with Crippen LogP contribution < -0.4 is 5.32 Å². The van der Waals surface area contributed by atoms with Gasteiger partial charge in [0.1, 0.15) is 6.04 Å². The van der Waals surface area contributed by atoms with Gasteiger partial charge in [-0.1, -0.05) is 36.2 Å². The SMILES string of the molecule is Cc1ccc(CN2CCC3(CC2)CC(=O)N2C[C@@H](N(C)C4CCC4)C[C@H]2C(=O)N3)cc1. The Morgan fingerprint density at radius 2 is 1.81 bits per heavy atom. The Morgan fingerprint density at radius 3 is 2.45 bits per heavy atom. The second kappa shape index (κ2) is 8.21. The summed E-state index contributed by atoms with van der Waals surface area (Å²) in [6.45, 7) is 5.58. The maximum absolute atomic E-state index is 13.2. The minimum atomic E-state index is -0.363. The fourth-order valence-electron chi connectivity index (χ4n) is 5.90. The van der Waals surface area contributed by atoms with E-state index in [1.807, 2.05) is 4.90 Å². The standard InChI is InChI=1S/C25H36N4O2/c1-18-6-8-19(9-7-18)16-28-12-10-25(11-13-28)15-23(30)29-17-21(14-22(29)24(31)26-25)27(2)20-4-3-5-20/h6-9,20-22H,3-5,10-17H2,1-2H3,(H,26,31)/t21-,22-/m0/s1. The molecule has 0 radical (unpaired) electrons. The van der Waals surface area contributed by atoms with Crippen LogP contribution in [0.4, 0.5) is 0 Å². The Balaban J connectivity index is 1.21. The van der Waals surface area contributed by atoms with Crippen LogP contribution in [0.1, 0.15) is 56.1 Å². The molecule has 3 saturated heterocycles. The molecule has 3 heterocycles. The second-order valence-corrected chi connectivity index (χ2v) is 10.4. The molecule has 1 spiro atoms. The number of nitrogens with zero attached hydrogens (tertiary/aromatic N) is 3. The Bertz CT molecular complexity index is 798. The second-order valence-electron chi connectivity index (χ2n) is 10.4. The van der Waals surface area contributed by atoms with E-state index >= 15 is 0 Å². The molecule has 1 N–H and O–H groups in total. The van der Waals surface area contributed by atoms with Gasteiger partial charge in [0.05, 0.1) is 12.0 Å². The van der Waals surface area contributed by atoms with Gasteiger partial charge in [-0.3, -0.25) is 19.4 Å². The van der Waals surface area contributed by atoms with Gasteiger partial charge >= 0.3 is 0 Å². The topological polar surface area (TPSA) is 55.9 Å². The van der Waals surface area contributed by atoms with E-state index in [0.717, 1.165) is 38.9 Å². The highest BCUT2D eigenvalue weighted by Crippen LogP contribution is 2.35. The molecule has 1 aromatic rings. The molecule has 1 saturated carbocycles. The van der Waals surface area contributed by atoms with E-state index in [0.29, 0.717) is 25.0 Å². The largest absolute Gasteiger partial charge is 0.348 e. The average Bonchev–Trinajstić information content (AvgIpc) is 3.13. The number of carbonyl (C=O) groups is 2. The first-order valence-electron chi connectivity index (χ1n) is 12.0. The number of hydrogen-bond donors (Lipinski definition) is 1. The lowest BCUT2D eigenvalue weighted by Gasteiger charge is -2.41. The molecule has 4 aliphatic rings. The van der Waals surface area contributed by atoms with Gasteiger partial charge in [-0.25, -0.2) is 0 Å². The van der Waals surface area contributed by atoms with E-state index in [-0.39, 0.29) is 23.4 Å². The van der Waals surface area contributed by atoms with E-state index in [1.54, 1.807) is 0 Å². The molecule has 0 aromatic heterocycles. The fraction of sp³-hybridized carbons (Fsp3) is 0.680. The lowest BCUT2D eigenvalue weighted by Crippen LogP contribution is -2.56. The van der Waals surface area contributed by atoms with Crippen LogP contribution in [0.5, 0.6) is 0 Å². The summed E-state index contributed by atoms with van der Waals surface area (Å²) in [4.78, 5) is 33.2. The molecule has 0 bridgehead atoms. The van der Waals surface area contributed by atoms with Crippen LogP contribution in [0.25, 0.3) is 0 Å². The van der Waals surface area contributed by atoms with Crippen molar-refractivity contribution in [3.63, 3.8) is 0 Å². The van der Waals surface area contributed by atoms with Gasteiger partial charge in [0, 0.05) is 38.3 Å². The molecular formula is C25H36N4O2. The number of likely N-dealkylation sites (N-methyl/N-ethyl adjacent to an activating group) is 1. The van der Waals surface area contributed by atoms with Crippen LogP contribution in [0, 0.1) is 6.92 Å². The predicted molar refractivity (Wildman–Crippen MR) is 120 cm³/mol. The number of fused-ring (bicyclic) bond motifs is 1. The van der Waals surface area contributed by atoms with E-state index in [9.17, 15) is 9.59 Å². The lowest BCUT2D eigenvalue weighted by atomic mass is 9.83. The molecule has 2 amide bonds. The quantitative estimate of drug-likeness (QED) is 0.806. The summed E-state index contributed by atoms with van der Waals surface area (Å²) in [5.41, 5.74) is 2.24. The molecule has 6 nitrogen and oxygen atoms in total. The smallest absolute Gasteiger partial charge is 0.243 e. The first kappa shape index (κ1) is 21.0. The number of amides is 2. The number of carbonyl (C=O) groups excluding carboxylic acids is 2. The van der Waals surface area contributed by atoms with Crippen molar-refractivity contribution in [2.45, 2.75) is 82.1 Å². The van der Waals surface area contributed by atoms with Crippen LogP contribution in [0.2, 0.25) is 0 Å². The van der Waals surface area contributed by atoms with E-state index in [1.165, 1.54) is 30.4 Å². The number of aryl methyl sites for hydroxylation is 1. The normalized spacial score (nSPS) is 29.1. The van der Waals surface area contributed by atoms with Gasteiger partial charge in [-0.15, -0.1) is 0 Å². The van der Waals surface area contributed by atoms with Gasteiger partial charge in [0.15, 0.2) is 0 Å². The van der Waals surface area contributed by atoms with E-state index in [4.69, 9.17) is 0 Å². The lowest BCUT2D eigenvalue weighted by molar-refractivity contribution is -0.135. The highest BCUT2D eigenvalue weighted by atomic mass is 16.2. The van der Waals surface area contributed by atoms with Crippen molar-refractivity contribution in [1.82, 2.24) is 20.0 Å². The molecule has 1 aromatic carbocycles. The van der Waals surface area contributed by atoms with E-state index in [2.05, 4.69) is 53.4 Å². The van der Waals surface area contributed by atoms with Crippen LogP contribution in [0.15, 0.2) is 24.3 Å². The minimum absolute atomic E-state index is 0.0716. The average molecular weight is 425 g/mol. The highest BCUT2D eigenvalue weighted by molar-refractivity contribution is 5.92.